The van der Waals surface area contributed by atoms with E-state index in [0.29, 0.717) is 46.7 Å². The molecule has 178 valence electrons. The number of amides is 2. The molecule has 0 saturated heterocycles. The minimum Gasteiger partial charge on any atom is -0.454 e. The van der Waals surface area contributed by atoms with Gasteiger partial charge in [0.15, 0.2) is 11.5 Å². The van der Waals surface area contributed by atoms with Gasteiger partial charge in [0.25, 0.3) is 11.8 Å². The van der Waals surface area contributed by atoms with Gasteiger partial charge in [0.05, 0.1) is 28.2 Å². The second-order valence-electron chi connectivity index (χ2n) is 9.09. The summed E-state index contributed by atoms with van der Waals surface area (Å²) in [6.07, 6.45) is 2.93. The lowest BCUT2D eigenvalue weighted by Gasteiger charge is -2.17. The molecule has 9 nitrogen and oxygen atoms in total. The molecule has 0 saturated carbocycles. The summed E-state index contributed by atoms with van der Waals surface area (Å²) in [5.74, 6) is 0.174. The van der Waals surface area contributed by atoms with Crippen molar-refractivity contribution in [1.29, 1.82) is 0 Å². The Hall–Kier alpha value is -4.08. The Morgan fingerprint density at radius 1 is 1.06 bits per heavy atom. The third-order valence-electron chi connectivity index (χ3n) is 6.42. The number of fused-ring (bicyclic) bond motifs is 4. The molecule has 4 aromatic rings. The van der Waals surface area contributed by atoms with Crippen molar-refractivity contribution in [1.82, 2.24) is 19.8 Å². The number of aliphatic hydroxyl groups is 1. The lowest BCUT2D eigenvalue weighted by molar-refractivity contribution is -0.122. The quantitative estimate of drug-likeness (QED) is 0.372. The van der Waals surface area contributed by atoms with E-state index in [1.54, 1.807) is 6.20 Å². The molecular formula is C26H24N4O5. The topological polar surface area (TPSA) is 109 Å². The van der Waals surface area contributed by atoms with Crippen LogP contribution in [0.25, 0.3) is 33.0 Å². The molecule has 3 N–H and O–H groups in total. The van der Waals surface area contributed by atoms with Gasteiger partial charge in [-0.1, -0.05) is 18.2 Å². The number of imide groups is 1. The zero-order valence-corrected chi connectivity index (χ0v) is 19.3. The van der Waals surface area contributed by atoms with E-state index >= 15 is 0 Å². The molecule has 2 aromatic heterocycles. The van der Waals surface area contributed by atoms with Gasteiger partial charge in [-0.25, -0.2) is 0 Å². The van der Waals surface area contributed by atoms with E-state index in [2.05, 4.69) is 10.3 Å². The van der Waals surface area contributed by atoms with E-state index in [0.717, 1.165) is 16.4 Å². The van der Waals surface area contributed by atoms with Crippen LogP contribution in [0, 0.1) is 0 Å². The number of para-hydroxylation sites is 1. The average molecular weight is 473 g/mol. The summed E-state index contributed by atoms with van der Waals surface area (Å²) in [4.78, 5) is 31.4. The van der Waals surface area contributed by atoms with Crippen molar-refractivity contribution < 1.29 is 24.2 Å². The van der Waals surface area contributed by atoms with Crippen molar-refractivity contribution >= 4 is 44.8 Å². The van der Waals surface area contributed by atoms with Gasteiger partial charge in [-0.05, 0) is 32.3 Å². The first-order valence-corrected chi connectivity index (χ1v) is 11.3. The predicted octanol–water partition coefficient (Wildman–Crippen LogP) is 2.34. The molecule has 2 aliphatic heterocycles. The van der Waals surface area contributed by atoms with Gasteiger partial charge in [0.1, 0.15) is 0 Å². The van der Waals surface area contributed by atoms with Crippen molar-refractivity contribution in [2.45, 2.75) is 12.6 Å². The maximum absolute atomic E-state index is 13.2. The zero-order chi connectivity index (χ0) is 24.3. The summed E-state index contributed by atoms with van der Waals surface area (Å²) < 4.78 is 13.3. The highest BCUT2D eigenvalue weighted by Crippen LogP contribution is 2.46. The molecule has 35 heavy (non-hydrogen) atoms. The Morgan fingerprint density at radius 3 is 2.63 bits per heavy atom. The number of rotatable bonds is 6. The average Bonchev–Trinajstić information content (AvgIpc) is 3.57. The molecule has 6 rings (SSSR count). The molecule has 0 aliphatic carbocycles. The summed E-state index contributed by atoms with van der Waals surface area (Å²) >= 11 is 0. The van der Waals surface area contributed by atoms with Gasteiger partial charge in [0.2, 0.25) is 6.79 Å². The molecule has 0 fully saturated rings. The predicted molar refractivity (Wildman–Crippen MR) is 131 cm³/mol. The molecule has 2 aliphatic rings. The largest absolute Gasteiger partial charge is 0.454 e. The molecule has 1 unspecified atom stereocenters. The number of hydrogen-bond donors (Lipinski definition) is 3. The maximum Gasteiger partial charge on any atom is 0.259 e. The molecule has 2 aromatic carbocycles. The Bertz CT molecular complexity index is 1540. The van der Waals surface area contributed by atoms with Gasteiger partial charge >= 0.3 is 0 Å². The van der Waals surface area contributed by atoms with E-state index in [9.17, 15) is 14.7 Å². The van der Waals surface area contributed by atoms with Gasteiger partial charge < -0.3 is 29.0 Å². The van der Waals surface area contributed by atoms with Crippen LogP contribution in [-0.2, 0) is 16.1 Å². The van der Waals surface area contributed by atoms with Gasteiger partial charge in [-0.2, -0.15) is 0 Å². The minimum atomic E-state index is -0.639. The van der Waals surface area contributed by atoms with Gasteiger partial charge in [0, 0.05) is 47.5 Å². The van der Waals surface area contributed by atoms with E-state index in [-0.39, 0.29) is 12.4 Å². The zero-order valence-electron chi connectivity index (χ0n) is 19.3. The number of aliphatic hydroxyl groups excluding tert-OH is 1. The number of carbonyl (C=O) groups is 2. The fraction of sp³-hybridized carbons (Fsp3) is 0.231. The Kier molecular flexibility index (Phi) is 4.91. The molecule has 2 amide bonds. The van der Waals surface area contributed by atoms with Crippen molar-refractivity contribution in [2.24, 2.45) is 0 Å². The van der Waals surface area contributed by atoms with Crippen molar-refractivity contribution in [2.75, 3.05) is 27.4 Å². The van der Waals surface area contributed by atoms with Crippen LogP contribution in [-0.4, -0.2) is 64.9 Å². The number of aromatic amines is 1. The first-order chi connectivity index (χ1) is 16.9. The van der Waals surface area contributed by atoms with Crippen LogP contribution >= 0.6 is 0 Å². The van der Waals surface area contributed by atoms with Crippen LogP contribution in [0.2, 0.25) is 0 Å². The van der Waals surface area contributed by atoms with Crippen molar-refractivity contribution in [3.63, 3.8) is 0 Å². The number of ether oxygens (including phenoxy) is 2. The fourth-order valence-corrected chi connectivity index (χ4v) is 5.05. The van der Waals surface area contributed by atoms with E-state index < -0.39 is 17.9 Å². The number of carbonyl (C=O) groups excluding carboxylic acids is 2. The smallest absolute Gasteiger partial charge is 0.259 e. The third-order valence-corrected chi connectivity index (χ3v) is 6.42. The fourth-order valence-electron chi connectivity index (χ4n) is 5.05. The maximum atomic E-state index is 13.2. The van der Waals surface area contributed by atoms with E-state index in [4.69, 9.17) is 9.47 Å². The van der Waals surface area contributed by atoms with Gasteiger partial charge in [-0.3, -0.25) is 14.9 Å². The van der Waals surface area contributed by atoms with Crippen LogP contribution in [0.4, 0.5) is 0 Å². The molecule has 0 radical (unpaired) electrons. The van der Waals surface area contributed by atoms with Crippen LogP contribution in [0.5, 0.6) is 11.5 Å². The van der Waals surface area contributed by atoms with E-state index in [1.807, 2.05) is 66.2 Å². The van der Waals surface area contributed by atoms with Crippen LogP contribution in [0.15, 0.2) is 48.8 Å². The number of hydrogen-bond acceptors (Lipinski definition) is 6. The van der Waals surface area contributed by atoms with Crippen LogP contribution in [0.1, 0.15) is 11.1 Å². The standard InChI is InChI=1S/C26H24N4O5/c1-29(2)10-14(31)11-30-12-17(21-19(30)7-8-20-24(21)35-13-34-20)23-22(25(32)28-26(23)33)16-9-27-18-6-4-3-5-15(16)18/h3-9,12,14,27,31H,10-11,13H2,1-2H3,(H,28,32,33). The highest BCUT2D eigenvalue weighted by atomic mass is 16.7. The Labute approximate surface area is 200 Å². The summed E-state index contributed by atoms with van der Waals surface area (Å²) in [5, 5.41) is 14.6. The number of nitrogens with one attached hydrogen (secondary N) is 2. The minimum absolute atomic E-state index is 0.0712. The van der Waals surface area contributed by atoms with Crippen molar-refractivity contribution in [3.05, 3.63) is 59.9 Å². The highest BCUT2D eigenvalue weighted by molar-refractivity contribution is 6.51. The molecule has 0 spiro atoms. The summed E-state index contributed by atoms with van der Waals surface area (Å²) in [7, 11) is 3.79. The SMILES string of the molecule is CN(C)CC(O)Cn1cc(C2=C(c3c[nH]c4ccccc34)C(=O)NC2=O)c2c3c(ccc21)OCO3. The number of likely N-dealkylation sites (N-methyl/N-ethyl adjacent to an activating group) is 1. The first kappa shape index (κ1) is 21.5. The lowest BCUT2D eigenvalue weighted by Crippen LogP contribution is -2.29. The van der Waals surface area contributed by atoms with Crippen LogP contribution in [0.3, 0.4) is 0 Å². The Morgan fingerprint density at radius 2 is 1.83 bits per heavy atom. The van der Waals surface area contributed by atoms with Gasteiger partial charge in [-0.15, -0.1) is 0 Å². The second kappa shape index (κ2) is 8.00. The molecule has 0 bridgehead atoms. The number of aromatic nitrogens is 2. The lowest BCUT2D eigenvalue weighted by atomic mass is 9.95. The van der Waals surface area contributed by atoms with E-state index in [1.165, 1.54) is 0 Å². The summed E-state index contributed by atoms with van der Waals surface area (Å²) in [6.45, 7) is 0.850. The molecular weight excluding hydrogens is 448 g/mol. The van der Waals surface area contributed by atoms with Crippen LogP contribution < -0.4 is 14.8 Å². The molecule has 9 heteroatoms. The van der Waals surface area contributed by atoms with Crippen molar-refractivity contribution in [3.8, 4) is 11.5 Å². The molecule has 4 heterocycles. The first-order valence-electron chi connectivity index (χ1n) is 11.3. The monoisotopic (exact) mass is 472 g/mol. The number of nitrogens with zero attached hydrogens (tertiary/aromatic N) is 2. The number of benzene rings is 2. The number of H-pyrrole nitrogens is 1. The summed E-state index contributed by atoms with van der Waals surface area (Å²) in [5.41, 5.74) is 3.43. The third kappa shape index (κ3) is 3.39. The summed E-state index contributed by atoms with van der Waals surface area (Å²) in [6, 6.07) is 11.3. The molecule has 1 atom stereocenters. The second-order valence-corrected chi connectivity index (χ2v) is 9.09. The Balaban J connectivity index is 1.61. The normalized spacial score (nSPS) is 16.2. The highest BCUT2D eigenvalue weighted by Gasteiger charge is 2.36.